The van der Waals surface area contributed by atoms with Crippen molar-refractivity contribution in [2.75, 3.05) is 16.3 Å². The number of piperidine rings is 1. The maximum atomic E-state index is 13.9. The molecular weight excluding hydrogens is 557 g/mol. The second-order valence-corrected chi connectivity index (χ2v) is 12.2. The highest BCUT2D eigenvalue weighted by Crippen LogP contribution is 2.37. The molecule has 9 nitrogen and oxygen atoms in total. The van der Waals surface area contributed by atoms with Crippen LogP contribution in [-0.4, -0.2) is 41.6 Å². The van der Waals surface area contributed by atoms with E-state index in [2.05, 4.69) is 11.8 Å². The van der Waals surface area contributed by atoms with E-state index in [0.717, 1.165) is 43.1 Å². The van der Waals surface area contributed by atoms with E-state index < -0.39 is 5.91 Å². The number of hydrogen-bond acceptors (Lipinski definition) is 7. The first-order valence-electron chi connectivity index (χ1n) is 13.6. The molecule has 2 aliphatic rings. The highest BCUT2D eigenvalue weighted by molar-refractivity contribution is 8.27. The quantitative estimate of drug-likeness (QED) is 0.256. The van der Waals surface area contributed by atoms with Gasteiger partial charge in [-0.25, -0.2) is 9.67 Å². The number of amides is 1. The van der Waals surface area contributed by atoms with Crippen LogP contribution >= 0.6 is 24.0 Å². The number of aromatic nitrogens is 4. The average Bonchev–Trinajstić information content (AvgIpc) is 3.35. The summed E-state index contributed by atoms with van der Waals surface area (Å²) in [5.41, 5.74) is 2.71. The van der Waals surface area contributed by atoms with Crippen LogP contribution in [0.3, 0.4) is 0 Å². The average molecular weight is 587 g/mol. The molecule has 2 saturated heterocycles. The highest BCUT2D eigenvalue weighted by Gasteiger charge is 2.38. The summed E-state index contributed by atoms with van der Waals surface area (Å²) in [6.07, 6.45) is 6.48. The van der Waals surface area contributed by atoms with E-state index >= 15 is 0 Å². The summed E-state index contributed by atoms with van der Waals surface area (Å²) in [6, 6.07) is 13.2. The Morgan fingerprint density at radius 1 is 1.02 bits per heavy atom. The van der Waals surface area contributed by atoms with Gasteiger partial charge in [-0.3, -0.25) is 28.4 Å². The molecule has 11 heteroatoms. The number of thiocarbonyl (C=S) groups is 1. The van der Waals surface area contributed by atoms with Gasteiger partial charge in [-0.1, -0.05) is 48.2 Å². The van der Waals surface area contributed by atoms with Crippen LogP contribution in [0.1, 0.15) is 43.0 Å². The molecule has 1 atom stereocenters. The largest absolute Gasteiger partial charge is 0.353 e. The molecule has 2 fully saturated rings. The van der Waals surface area contributed by atoms with E-state index in [1.165, 1.54) is 14.0 Å². The lowest BCUT2D eigenvalue weighted by Crippen LogP contribution is -2.40. The van der Waals surface area contributed by atoms with E-state index in [1.807, 2.05) is 49.4 Å². The first-order chi connectivity index (χ1) is 19.7. The first kappa shape index (κ1) is 27.2. The second-order valence-electron chi connectivity index (χ2n) is 10.6. The fourth-order valence-electron chi connectivity index (χ4n) is 5.61. The zero-order valence-electron chi connectivity index (χ0n) is 23.3. The fraction of sp³-hybridized carbons (Fsp3) is 0.300. The number of aryl methyl sites for hydroxylation is 1. The lowest BCUT2D eigenvalue weighted by molar-refractivity contribution is -0.113. The predicted molar refractivity (Wildman–Crippen MR) is 168 cm³/mol. The van der Waals surface area contributed by atoms with Crippen LogP contribution in [0.15, 0.2) is 63.2 Å². The minimum Gasteiger partial charge on any atom is -0.353 e. The number of carbonyl (C=O) groups is 1. The van der Waals surface area contributed by atoms with Crippen LogP contribution in [0, 0.1) is 13.8 Å². The Labute approximate surface area is 246 Å². The molecule has 0 bridgehead atoms. The minimum atomic E-state index is -0.433. The van der Waals surface area contributed by atoms with Crippen molar-refractivity contribution in [2.24, 2.45) is 7.05 Å². The van der Waals surface area contributed by atoms with Gasteiger partial charge < -0.3 is 4.90 Å². The van der Waals surface area contributed by atoms with Crippen molar-refractivity contribution in [3.05, 3.63) is 91.1 Å². The van der Waals surface area contributed by atoms with E-state index in [-0.39, 0.29) is 32.1 Å². The molecule has 210 valence electrons. The predicted octanol–water partition coefficient (Wildman–Crippen LogP) is 4.59. The van der Waals surface area contributed by atoms with Crippen molar-refractivity contribution in [3.63, 3.8) is 0 Å². The molecule has 1 amide bonds. The van der Waals surface area contributed by atoms with Crippen LogP contribution in [0.5, 0.6) is 0 Å². The maximum Gasteiger partial charge on any atom is 0.296 e. The molecular formula is C30H30N6O3S2. The van der Waals surface area contributed by atoms with Gasteiger partial charge in [-0.05, 0) is 69.9 Å². The zero-order chi connectivity index (χ0) is 29.0. The molecule has 3 aromatic heterocycles. The number of para-hydroxylation sites is 1. The van der Waals surface area contributed by atoms with Gasteiger partial charge in [0.25, 0.3) is 17.0 Å². The monoisotopic (exact) mass is 586 g/mol. The van der Waals surface area contributed by atoms with Crippen LogP contribution in [0.2, 0.25) is 0 Å². The van der Waals surface area contributed by atoms with E-state index in [9.17, 15) is 14.4 Å². The molecule has 0 N–H and O–H groups in total. The van der Waals surface area contributed by atoms with Crippen LogP contribution in [0.25, 0.3) is 17.4 Å². The number of nitrogens with zero attached hydrogens (tertiary/aromatic N) is 6. The first-order valence-corrected chi connectivity index (χ1v) is 14.8. The van der Waals surface area contributed by atoms with Crippen LogP contribution in [-0.2, 0) is 11.8 Å². The third-order valence-electron chi connectivity index (χ3n) is 7.88. The second kappa shape index (κ2) is 10.5. The Morgan fingerprint density at radius 2 is 1.78 bits per heavy atom. The van der Waals surface area contributed by atoms with Gasteiger partial charge in [0.2, 0.25) is 0 Å². The van der Waals surface area contributed by atoms with E-state index in [4.69, 9.17) is 17.2 Å². The van der Waals surface area contributed by atoms with Crippen molar-refractivity contribution in [2.45, 2.75) is 46.1 Å². The highest BCUT2D eigenvalue weighted by atomic mass is 32.2. The smallest absolute Gasteiger partial charge is 0.296 e. The summed E-state index contributed by atoms with van der Waals surface area (Å²) >= 11 is 6.74. The Morgan fingerprint density at radius 3 is 2.51 bits per heavy atom. The lowest BCUT2D eigenvalue weighted by atomic mass is 10.0. The Hall–Kier alpha value is -3.96. The standard InChI is InChI=1S/C30H30N6O3S2/c1-18-13-14-24-31-26(33-15-9-8-10-19(33)2)22(27(37)34(24)17-18)16-23-28(38)35(30(40)41-23)25-20(3)32(4)36(29(25)39)21-11-6-5-7-12-21/h5-7,11-14,16-17,19H,8-10,15H2,1-4H3. The molecule has 2 aliphatic heterocycles. The van der Waals surface area contributed by atoms with Crippen molar-refractivity contribution < 1.29 is 4.79 Å². The molecule has 0 radical (unpaired) electrons. The molecule has 41 heavy (non-hydrogen) atoms. The van der Waals surface area contributed by atoms with Gasteiger partial charge >= 0.3 is 0 Å². The number of anilines is 2. The van der Waals surface area contributed by atoms with Crippen molar-refractivity contribution >= 4 is 57.4 Å². The van der Waals surface area contributed by atoms with Crippen molar-refractivity contribution in [1.29, 1.82) is 0 Å². The zero-order valence-corrected chi connectivity index (χ0v) is 25.0. The normalized spacial score (nSPS) is 18.7. The van der Waals surface area contributed by atoms with E-state index in [1.54, 1.807) is 30.9 Å². The Bertz CT molecular complexity index is 1870. The number of hydrogen-bond donors (Lipinski definition) is 0. The number of carbonyl (C=O) groups excluding carboxylic acids is 1. The topological polar surface area (TPSA) is 84.8 Å². The lowest BCUT2D eigenvalue weighted by Gasteiger charge is -2.35. The van der Waals surface area contributed by atoms with Gasteiger partial charge in [0.1, 0.15) is 17.2 Å². The third kappa shape index (κ3) is 4.53. The van der Waals surface area contributed by atoms with E-state index in [0.29, 0.717) is 28.4 Å². The van der Waals surface area contributed by atoms with Gasteiger partial charge in [0.15, 0.2) is 4.32 Å². The van der Waals surface area contributed by atoms with Gasteiger partial charge in [0, 0.05) is 25.8 Å². The molecule has 6 rings (SSSR count). The molecule has 0 aliphatic carbocycles. The maximum absolute atomic E-state index is 13.9. The summed E-state index contributed by atoms with van der Waals surface area (Å²) < 4.78 is 5.00. The van der Waals surface area contributed by atoms with Gasteiger partial charge in [-0.15, -0.1) is 0 Å². The SMILES string of the molecule is Cc1ccc2nc(N3CCCCC3C)c(C=C3SC(=S)N(c4c(C)n(C)n(-c5ccccc5)c4=O)C3=O)c(=O)n2c1. The molecule has 0 spiro atoms. The number of rotatable bonds is 4. The molecule has 4 aromatic rings. The summed E-state index contributed by atoms with van der Waals surface area (Å²) in [5, 5.41) is 0. The van der Waals surface area contributed by atoms with Gasteiger partial charge in [-0.2, -0.15) is 0 Å². The summed E-state index contributed by atoms with van der Waals surface area (Å²) in [6.45, 7) is 6.62. The van der Waals surface area contributed by atoms with Gasteiger partial charge in [0.05, 0.1) is 21.8 Å². The summed E-state index contributed by atoms with van der Waals surface area (Å²) in [5.74, 6) is 0.135. The number of fused-ring (bicyclic) bond motifs is 1. The Kier molecular flexibility index (Phi) is 6.95. The third-order valence-corrected chi connectivity index (χ3v) is 9.18. The number of benzene rings is 1. The summed E-state index contributed by atoms with van der Waals surface area (Å²) in [7, 11) is 1.77. The summed E-state index contributed by atoms with van der Waals surface area (Å²) in [4.78, 5) is 50.2. The Balaban J connectivity index is 1.49. The molecule has 1 unspecified atom stereocenters. The fourth-order valence-corrected chi connectivity index (χ4v) is 6.86. The van der Waals surface area contributed by atoms with Crippen LogP contribution in [0.4, 0.5) is 11.5 Å². The van der Waals surface area contributed by atoms with Crippen molar-refractivity contribution in [3.8, 4) is 5.69 Å². The molecule has 1 aromatic carbocycles. The number of pyridine rings is 1. The number of thioether (sulfide) groups is 1. The molecule has 0 saturated carbocycles. The molecule has 5 heterocycles. The minimum absolute atomic E-state index is 0.202. The van der Waals surface area contributed by atoms with Crippen molar-refractivity contribution in [1.82, 2.24) is 18.7 Å². The van der Waals surface area contributed by atoms with Crippen LogP contribution < -0.4 is 20.9 Å².